The van der Waals surface area contributed by atoms with Crippen LogP contribution < -0.4 is 10.2 Å². The number of nitrogens with zero attached hydrogens (tertiary/aromatic N) is 2. The van der Waals surface area contributed by atoms with Gasteiger partial charge in [-0.05, 0) is 68.5 Å². The van der Waals surface area contributed by atoms with Gasteiger partial charge in [0.2, 0.25) is 0 Å². The van der Waals surface area contributed by atoms with E-state index in [0.717, 1.165) is 26.2 Å². The lowest BCUT2D eigenvalue weighted by atomic mass is 9.93. The maximum atomic E-state index is 3.45. The van der Waals surface area contributed by atoms with E-state index in [0.29, 0.717) is 5.92 Å². The van der Waals surface area contributed by atoms with Crippen LogP contribution in [0.15, 0.2) is 18.2 Å². The highest BCUT2D eigenvalue weighted by Gasteiger charge is 2.19. The van der Waals surface area contributed by atoms with E-state index in [1.54, 1.807) is 5.56 Å². The fourth-order valence-corrected chi connectivity index (χ4v) is 3.88. The Kier molecular flexibility index (Phi) is 5.37. The number of likely N-dealkylation sites (tertiary alicyclic amines) is 1. The number of hydrogen-bond donors (Lipinski definition) is 1. The molecule has 3 rings (SSSR count). The SMILES string of the molecule is CCC(CN1CCCC1)c1cc(C)cc(N2CCNCC2)c1. The molecule has 0 spiro atoms. The van der Waals surface area contributed by atoms with Gasteiger partial charge in [0, 0.05) is 38.4 Å². The highest BCUT2D eigenvalue weighted by molar-refractivity contribution is 5.52. The van der Waals surface area contributed by atoms with E-state index in [1.807, 2.05) is 0 Å². The molecule has 1 aromatic carbocycles. The monoisotopic (exact) mass is 301 g/mol. The van der Waals surface area contributed by atoms with E-state index in [-0.39, 0.29) is 0 Å². The second-order valence-corrected chi connectivity index (χ2v) is 6.95. The standard InChI is InChI=1S/C19H31N3/c1-3-17(15-21-8-4-5-9-21)18-12-16(2)13-19(14-18)22-10-6-20-7-11-22/h12-14,17,20H,3-11,15H2,1-2H3. The molecule has 2 fully saturated rings. The Morgan fingerprint density at radius 2 is 1.77 bits per heavy atom. The smallest absolute Gasteiger partial charge is 0.0372 e. The Morgan fingerprint density at radius 3 is 2.45 bits per heavy atom. The van der Waals surface area contributed by atoms with Crippen molar-refractivity contribution in [3.05, 3.63) is 29.3 Å². The molecule has 2 aliphatic rings. The molecular weight excluding hydrogens is 270 g/mol. The van der Waals surface area contributed by atoms with Gasteiger partial charge in [0.05, 0.1) is 0 Å². The summed E-state index contributed by atoms with van der Waals surface area (Å²) in [5.74, 6) is 0.680. The van der Waals surface area contributed by atoms with Crippen LogP contribution in [0.3, 0.4) is 0 Å². The van der Waals surface area contributed by atoms with Gasteiger partial charge < -0.3 is 15.1 Å². The zero-order valence-corrected chi connectivity index (χ0v) is 14.3. The van der Waals surface area contributed by atoms with Crippen LogP contribution in [0.2, 0.25) is 0 Å². The molecule has 1 atom stereocenters. The number of benzene rings is 1. The molecule has 0 amide bonds. The fourth-order valence-electron chi connectivity index (χ4n) is 3.88. The molecule has 3 nitrogen and oxygen atoms in total. The molecule has 0 aromatic heterocycles. The molecule has 1 unspecified atom stereocenters. The third kappa shape index (κ3) is 3.82. The van der Waals surface area contributed by atoms with Gasteiger partial charge in [-0.1, -0.05) is 13.0 Å². The first kappa shape index (κ1) is 15.8. The number of anilines is 1. The lowest BCUT2D eigenvalue weighted by Crippen LogP contribution is -2.43. The van der Waals surface area contributed by atoms with E-state index >= 15 is 0 Å². The van der Waals surface area contributed by atoms with Crippen molar-refractivity contribution in [1.29, 1.82) is 0 Å². The highest BCUT2D eigenvalue weighted by atomic mass is 15.2. The van der Waals surface area contributed by atoms with Crippen molar-refractivity contribution < 1.29 is 0 Å². The number of aryl methyl sites for hydroxylation is 1. The largest absolute Gasteiger partial charge is 0.369 e. The molecule has 2 heterocycles. The number of nitrogens with one attached hydrogen (secondary N) is 1. The van der Waals surface area contributed by atoms with Gasteiger partial charge in [-0.15, -0.1) is 0 Å². The van der Waals surface area contributed by atoms with Gasteiger partial charge in [-0.2, -0.15) is 0 Å². The minimum atomic E-state index is 0.680. The van der Waals surface area contributed by atoms with E-state index in [9.17, 15) is 0 Å². The van der Waals surface area contributed by atoms with E-state index in [1.165, 1.54) is 50.1 Å². The van der Waals surface area contributed by atoms with Crippen LogP contribution >= 0.6 is 0 Å². The van der Waals surface area contributed by atoms with Crippen molar-refractivity contribution >= 4 is 5.69 Å². The van der Waals surface area contributed by atoms with Crippen molar-refractivity contribution in [2.24, 2.45) is 0 Å². The van der Waals surface area contributed by atoms with Crippen LogP contribution in [0.4, 0.5) is 5.69 Å². The van der Waals surface area contributed by atoms with Gasteiger partial charge >= 0.3 is 0 Å². The molecule has 122 valence electrons. The van der Waals surface area contributed by atoms with Gasteiger partial charge in [0.1, 0.15) is 0 Å². The predicted octanol–water partition coefficient (Wildman–Crippen LogP) is 2.99. The summed E-state index contributed by atoms with van der Waals surface area (Å²) in [6.45, 7) is 12.9. The van der Waals surface area contributed by atoms with Crippen LogP contribution in [0.5, 0.6) is 0 Å². The highest BCUT2D eigenvalue weighted by Crippen LogP contribution is 2.28. The van der Waals surface area contributed by atoms with Crippen molar-refractivity contribution in [1.82, 2.24) is 10.2 Å². The summed E-state index contributed by atoms with van der Waals surface area (Å²) in [5.41, 5.74) is 4.38. The average Bonchev–Trinajstić information content (AvgIpc) is 3.06. The zero-order chi connectivity index (χ0) is 15.4. The van der Waals surface area contributed by atoms with Gasteiger partial charge in [-0.3, -0.25) is 0 Å². The first-order chi connectivity index (χ1) is 10.8. The van der Waals surface area contributed by atoms with Crippen molar-refractivity contribution in [3.8, 4) is 0 Å². The van der Waals surface area contributed by atoms with Crippen molar-refractivity contribution in [2.45, 2.75) is 39.0 Å². The van der Waals surface area contributed by atoms with Crippen LogP contribution in [0.1, 0.15) is 43.2 Å². The average molecular weight is 301 g/mol. The second kappa shape index (κ2) is 7.47. The maximum absolute atomic E-state index is 3.45. The summed E-state index contributed by atoms with van der Waals surface area (Å²) in [4.78, 5) is 5.19. The Hall–Kier alpha value is -1.06. The van der Waals surface area contributed by atoms with Crippen molar-refractivity contribution in [3.63, 3.8) is 0 Å². The minimum Gasteiger partial charge on any atom is -0.369 e. The quantitative estimate of drug-likeness (QED) is 0.902. The lowest BCUT2D eigenvalue weighted by molar-refractivity contribution is 0.310. The Bertz CT molecular complexity index is 474. The Morgan fingerprint density at radius 1 is 1.05 bits per heavy atom. The van der Waals surface area contributed by atoms with Crippen LogP contribution in [0.25, 0.3) is 0 Å². The summed E-state index contributed by atoms with van der Waals surface area (Å²) in [6.07, 6.45) is 4.01. The Labute approximate surface area is 135 Å². The molecule has 0 bridgehead atoms. The zero-order valence-electron chi connectivity index (χ0n) is 14.3. The predicted molar refractivity (Wildman–Crippen MR) is 95.0 cm³/mol. The molecule has 3 heteroatoms. The summed E-state index contributed by atoms with van der Waals surface area (Å²) in [5, 5.41) is 3.45. The van der Waals surface area contributed by atoms with E-state index in [2.05, 4.69) is 47.2 Å². The van der Waals surface area contributed by atoms with Crippen LogP contribution in [-0.2, 0) is 0 Å². The number of piperazine rings is 1. The topological polar surface area (TPSA) is 18.5 Å². The normalized spacial score (nSPS) is 21.3. The molecule has 22 heavy (non-hydrogen) atoms. The summed E-state index contributed by atoms with van der Waals surface area (Å²) in [6, 6.07) is 7.23. The molecule has 2 aliphatic heterocycles. The molecule has 2 saturated heterocycles. The Balaban J connectivity index is 1.77. The summed E-state index contributed by atoms with van der Waals surface area (Å²) in [7, 11) is 0. The number of hydrogen-bond acceptors (Lipinski definition) is 3. The number of rotatable bonds is 5. The minimum absolute atomic E-state index is 0.680. The second-order valence-electron chi connectivity index (χ2n) is 6.95. The van der Waals surface area contributed by atoms with Crippen LogP contribution in [0, 0.1) is 6.92 Å². The molecule has 0 saturated carbocycles. The van der Waals surface area contributed by atoms with E-state index in [4.69, 9.17) is 0 Å². The first-order valence-corrected chi connectivity index (χ1v) is 9.06. The summed E-state index contributed by atoms with van der Waals surface area (Å²) >= 11 is 0. The van der Waals surface area contributed by atoms with Gasteiger partial charge in [-0.25, -0.2) is 0 Å². The molecule has 0 radical (unpaired) electrons. The lowest BCUT2D eigenvalue weighted by Gasteiger charge is -2.31. The first-order valence-electron chi connectivity index (χ1n) is 9.06. The third-order valence-electron chi connectivity index (χ3n) is 5.21. The molecule has 0 aliphatic carbocycles. The maximum Gasteiger partial charge on any atom is 0.0372 e. The van der Waals surface area contributed by atoms with E-state index < -0.39 is 0 Å². The molecule has 1 N–H and O–H groups in total. The van der Waals surface area contributed by atoms with Crippen molar-refractivity contribution in [2.75, 3.05) is 50.7 Å². The third-order valence-corrected chi connectivity index (χ3v) is 5.21. The molecule has 1 aromatic rings. The van der Waals surface area contributed by atoms with Crippen LogP contribution in [-0.4, -0.2) is 50.7 Å². The fraction of sp³-hybridized carbons (Fsp3) is 0.684. The van der Waals surface area contributed by atoms with Gasteiger partial charge in [0.15, 0.2) is 0 Å². The van der Waals surface area contributed by atoms with Gasteiger partial charge in [0.25, 0.3) is 0 Å². The molecular formula is C19H31N3. The summed E-state index contributed by atoms with van der Waals surface area (Å²) < 4.78 is 0.